The average molecular weight is 260 g/mol. The molecule has 106 valence electrons. The van der Waals surface area contributed by atoms with Gasteiger partial charge in [0.15, 0.2) is 0 Å². The molecule has 0 saturated heterocycles. The van der Waals surface area contributed by atoms with E-state index in [0.29, 0.717) is 0 Å². The van der Waals surface area contributed by atoms with E-state index in [-0.39, 0.29) is 6.04 Å². The van der Waals surface area contributed by atoms with E-state index in [9.17, 15) is 0 Å². The summed E-state index contributed by atoms with van der Waals surface area (Å²) in [6, 6.07) is 9.03. The van der Waals surface area contributed by atoms with Crippen LogP contribution in [-0.2, 0) is 6.42 Å². The van der Waals surface area contributed by atoms with Crippen LogP contribution in [0.2, 0.25) is 0 Å². The van der Waals surface area contributed by atoms with E-state index in [2.05, 4.69) is 43.0 Å². The van der Waals surface area contributed by atoms with E-state index < -0.39 is 0 Å². The van der Waals surface area contributed by atoms with Gasteiger partial charge in [-0.05, 0) is 42.9 Å². The monoisotopic (exact) mass is 260 g/mol. The molecule has 1 unspecified atom stereocenters. The number of benzene rings is 1. The van der Waals surface area contributed by atoms with Crippen LogP contribution in [0.5, 0.6) is 0 Å². The topological polar surface area (TPSA) is 29.3 Å². The zero-order chi connectivity index (χ0) is 13.7. The lowest BCUT2D eigenvalue weighted by atomic mass is 10.0. The smallest absolute Gasteiger partial charge is 0.0424 e. The molecule has 1 atom stereocenters. The molecule has 2 N–H and O–H groups in total. The second-order valence-corrected chi connectivity index (χ2v) is 5.89. The molecule has 1 aliphatic carbocycles. The summed E-state index contributed by atoms with van der Waals surface area (Å²) in [5.74, 6) is 0.944. The van der Waals surface area contributed by atoms with Crippen LogP contribution in [0.3, 0.4) is 0 Å². The molecule has 1 fully saturated rings. The first-order valence-corrected chi connectivity index (χ1v) is 7.79. The Morgan fingerprint density at radius 3 is 2.42 bits per heavy atom. The zero-order valence-corrected chi connectivity index (χ0v) is 12.4. The van der Waals surface area contributed by atoms with Crippen molar-refractivity contribution in [2.24, 2.45) is 11.7 Å². The first-order valence-electron chi connectivity index (χ1n) is 7.79. The Kier molecular flexibility index (Phi) is 5.41. The summed E-state index contributed by atoms with van der Waals surface area (Å²) >= 11 is 0. The number of nitrogens with zero attached hydrogens (tertiary/aromatic N) is 1. The lowest BCUT2D eigenvalue weighted by Gasteiger charge is -2.24. The predicted molar refractivity (Wildman–Crippen MR) is 82.2 cm³/mol. The Morgan fingerprint density at radius 2 is 1.89 bits per heavy atom. The minimum Gasteiger partial charge on any atom is -0.323 e. The molecular weight excluding hydrogens is 232 g/mol. The highest BCUT2D eigenvalue weighted by Gasteiger charge is 2.24. The molecule has 1 aromatic rings. The first kappa shape index (κ1) is 14.5. The van der Waals surface area contributed by atoms with Crippen molar-refractivity contribution in [3.05, 3.63) is 35.4 Å². The zero-order valence-electron chi connectivity index (χ0n) is 12.4. The molecule has 2 rings (SSSR count). The minimum absolute atomic E-state index is 0.148. The van der Waals surface area contributed by atoms with Crippen LogP contribution < -0.4 is 5.73 Å². The fraction of sp³-hybridized carbons (Fsp3) is 0.647. The Balaban J connectivity index is 1.88. The number of hydrogen-bond acceptors (Lipinski definition) is 2. The lowest BCUT2D eigenvalue weighted by Crippen LogP contribution is -2.33. The van der Waals surface area contributed by atoms with Gasteiger partial charge in [0.05, 0.1) is 0 Å². The molecule has 2 heteroatoms. The van der Waals surface area contributed by atoms with Crippen molar-refractivity contribution < 1.29 is 0 Å². The Morgan fingerprint density at radius 1 is 1.21 bits per heavy atom. The predicted octanol–water partition coefficient (Wildman–Crippen LogP) is 3.37. The van der Waals surface area contributed by atoms with Crippen molar-refractivity contribution in [1.82, 2.24) is 4.90 Å². The molecule has 0 radical (unpaired) electrons. The second-order valence-electron chi connectivity index (χ2n) is 5.89. The summed E-state index contributed by atoms with van der Waals surface area (Å²) in [4.78, 5) is 2.50. The molecule has 19 heavy (non-hydrogen) atoms. The molecule has 0 aliphatic heterocycles. The third kappa shape index (κ3) is 4.63. The van der Waals surface area contributed by atoms with Crippen LogP contribution in [0, 0.1) is 5.92 Å². The van der Waals surface area contributed by atoms with Crippen molar-refractivity contribution in [3.8, 4) is 0 Å². The van der Waals surface area contributed by atoms with Crippen molar-refractivity contribution >= 4 is 0 Å². The Labute approximate surface area is 118 Å². The van der Waals surface area contributed by atoms with Crippen LogP contribution in [0.4, 0.5) is 0 Å². The second kappa shape index (κ2) is 7.06. The Bertz CT molecular complexity index is 367. The van der Waals surface area contributed by atoms with Gasteiger partial charge in [0.1, 0.15) is 0 Å². The van der Waals surface area contributed by atoms with E-state index in [4.69, 9.17) is 5.73 Å². The highest BCUT2D eigenvalue weighted by Crippen LogP contribution is 2.30. The molecule has 0 aromatic heterocycles. The molecular formula is C17H28N2. The van der Waals surface area contributed by atoms with E-state index in [1.807, 2.05) is 0 Å². The third-order valence-electron chi connectivity index (χ3n) is 4.06. The molecule has 0 bridgehead atoms. The largest absolute Gasteiger partial charge is 0.323 e. The van der Waals surface area contributed by atoms with Crippen molar-refractivity contribution in [3.63, 3.8) is 0 Å². The highest BCUT2D eigenvalue weighted by molar-refractivity contribution is 5.25. The number of nitrogens with two attached hydrogens (primary N) is 1. The summed E-state index contributed by atoms with van der Waals surface area (Å²) < 4.78 is 0. The Hall–Kier alpha value is -0.860. The fourth-order valence-corrected chi connectivity index (χ4v) is 2.60. The van der Waals surface area contributed by atoms with E-state index in [0.717, 1.165) is 25.4 Å². The van der Waals surface area contributed by atoms with Crippen molar-refractivity contribution in [1.29, 1.82) is 0 Å². The van der Waals surface area contributed by atoms with E-state index >= 15 is 0 Å². The summed E-state index contributed by atoms with van der Waals surface area (Å²) in [5, 5.41) is 0. The maximum Gasteiger partial charge on any atom is 0.0424 e. The molecule has 0 spiro atoms. The number of likely N-dealkylation sites (N-methyl/N-ethyl adjacent to an activating group) is 1. The fourth-order valence-electron chi connectivity index (χ4n) is 2.60. The van der Waals surface area contributed by atoms with E-state index in [1.165, 1.54) is 36.9 Å². The molecule has 2 nitrogen and oxygen atoms in total. The van der Waals surface area contributed by atoms with Gasteiger partial charge < -0.3 is 10.6 Å². The van der Waals surface area contributed by atoms with Gasteiger partial charge in [0.25, 0.3) is 0 Å². The summed E-state index contributed by atoms with van der Waals surface area (Å²) in [6.45, 7) is 7.78. The van der Waals surface area contributed by atoms with Gasteiger partial charge in [-0.15, -0.1) is 0 Å². The maximum absolute atomic E-state index is 6.35. The number of hydrogen-bond donors (Lipinski definition) is 1. The van der Waals surface area contributed by atoms with Gasteiger partial charge in [-0.3, -0.25) is 0 Å². The van der Waals surface area contributed by atoms with Crippen LogP contribution in [0.1, 0.15) is 50.3 Å². The van der Waals surface area contributed by atoms with Gasteiger partial charge in [0, 0.05) is 19.1 Å². The van der Waals surface area contributed by atoms with Gasteiger partial charge >= 0.3 is 0 Å². The highest BCUT2D eigenvalue weighted by atomic mass is 15.1. The van der Waals surface area contributed by atoms with Crippen LogP contribution in [0.15, 0.2) is 24.3 Å². The normalized spacial score (nSPS) is 16.8. The van der Waals surface area contributed by atoms with Gasteiger partial charge in [-0.1, -0.05) is 44.5 Å². The van der Waals surface area contributed by atoms with Crippen molar-refractivity contribution in [2.75, 3.05) is 19.6 Å². The van der Waals surface area contributed by atoms with E-state index in [1.54, 1.807) is 0 Å². The summed E-state index contributed by atoms with van der Waals surface area (Å²) in [5.41, 5.74) is 9.04. The lowest BCUT2D eigenvalue weighted by molar-refractivity contribution is 0.260. The number of aryl methyl sites for hydroxylation is 1. The molecule has 1 aromatic carbocycles. The summed E-state index contributed by atoms with van der Waals surface area (Å²) in [7, 11) is 0. The first-order chi connectivity index (χ1) is 9.22. The quantitative estimate of drug-likeness (QED) is 0.776. The van der Waals surface area contributed by atoms with Gasteiger partial charge in [-0.2, -0.15) is 0 Å². The average Bonchev–Trinajstić information content (AvgIpc) is 3.23. The molecule has 0 amide bonds. The van der Waals surface area contributed by atoms with Gasteiger partial charge in [-0.25, -0.2) is 0 Å². The molecule has 1 saturated carbocycles. The minimum atomic E-state index is 0.148. The molecule has 0 heterocycles. The number of rotatable bonds is 8. The van der Waals surface area contributed by atoms with Crippen LogP contribution >= 0.6 is 0 Å². The van der Waals surface area contributed by atoms with Gasteiger partial charge in [0.2, 0.25) is 0 Å². The third-order valence-corrected chi connectivity index (χ3v) is 4.06. The van der Waals surface area contributed by atoms with Crippen molar-refractivity contribution in [2.45, 2.75) is 45.6 Å². The molecule has 1 aliphatic rings. The van der Waals surface area contributed by atoms with Crippen LogP contribution in [0.25, 0.3) is 0 Å². The standard InChI is InChI=1S/C17H28N2/c1-3-5-14-8-10-16(11-9-14)17(18)13-19(4-2)12-15-6-7-15/h8-11,15,17H,3-7,12-13,18H2,1-2H3. The SMILES string of the molecule is CCCc1ccc(C(N)CN(CC)CC2CC2)cc1. The van der Waals surface area contributed by atoms with Crippen LogP contribution in [-0.4, -0.2) is 24.5 Å². The maximum atomic E-state index is 6.35. The summed E-state index contributed by atoms with van der Waals surface area (Å²) in [6.07, 6.45) is 5.20.